The SMILES string of the molecule is CN(C)c1ccc(-c2cc(CO)no2)cc1. The second-order valence-corrected chi connectivity index (χ2v) is 3.78. The standard InChI is InChI=1S/C12H14N2O2/c1-14(2)11-5-3-9(4-6-11)12-7-10(8-15)13-16-12/h3-7,15H,8H2,1-2H3. The van der Waals surface area contributed by atoms with Crippen molar-refractivity contribution in [3.8, 4) is 11.3 Å². The van der Waals surface area contributed by atoms with Gasteiger partial charge in [-0.05, 0) is 24.3 Å². The number of anilines is 1. The molecule has 84 valence electrons. The lowest BCUT2D eigenvalue weighted by molar-refractivity contribution is 0.267. The van der Waals surface area contributed by atoms with Crippen LogP contribution in [0.4, 0.5) is 5.69 Å². The fourth-order valence-corrected chi connectivity index (χ4v) is 1.45. The van der Waals surface area contributed by atoms with E-state index < -0.39 is 0 Å². The van der Waals surface area contributed by atoms with E-state index in [2.05, 4.69) is 5.16 Å². The van der Waals surface area contributed by atoms with Gasteiger partial charge in [-0.15, -0.1) is 0 Å². The predicted octanol–water partition coefficient (Wildman–Crippen LogP) is 1.90. The van der Waals surface area contributed by atoms with E-state index in [0.717, 1.165) is 11.3 Å². The van der Waals surface area contributed by atoms with E-state index in [1.54, 1.807) is 6.07 Å². The third kappa shape index (κ3) is 2.06. The quantitative estimate of drug-likeness (QED) is 0.854. The lowest BCUT2D eigenvalue weighted by Crippen LogP contribution is -2.07. The Hall–Kier alpha value is -1.81. The number of benzene rings is 1. The van der Waals surface area contributed by atoms with Crippen molar-refractivity contribution < 1.29 is 9.63 Å². The summed E-state index contributed by atoms with van der Waals surface area (Å²) in [6.45, 7) is -0.0979. The van der Waals surface area contributed by atoms with Gasteiger partial charge in [0.25, 0.3) is 0 Å². The minimum Gasteiger partial charge on any atom is -0.390 e. The molecule has 1 aromatic carbocycles. The lowest BCUT2D eigenvalue weighted by atomic mass is 10.1. The smallest absolute Gasteiger partial charge is 0.167 e. The summed E-state index contributed by atoms with van der Waals surface area (Å²) in [5.74, 6) is 0.675. The van der Waals surface area contributed by atoms with Gasteiger partial charge in [0.05, 0.1) is 6.61 Å². The van der Waals surface area contributed by atoms with Gasteiger partial charge in [0.15, 0.2) is 5.76 Å². The van der Waals surface area contributed by atoms with Gasteiger partial charge in [0.2, 0.25) is 0 Å². The third-order valence-electron chi connectivity index (χ3n) is 2.39. The fourth-order valence-electron chi connectivity index (χ4n) is 1.45. The highest BCUT2D eigenvalue weighted by Crippen LogP contribution is 2.23. The van der Waals surface area contributed by atoms with Crippen LogP contribution in [-0.4, -0.2) is 24.4 Å². The topological polar surface area (TPSA) is 49.5 Å². The molecule has 1 aromatic heterocycles. The first-order valence-electron chi connectivity index (χ1n) is 5.05. The van der Waals surface area contributed by atoms with Crippen molar-refractivity contribution in [3.05, 3.63) is 36.0 Å². The highest BCUT2D eigenvalue weighted by Gasteiger charge is 2.06. The van der Waals surface area contributed by atoms with Gasteiger partial charge in [-0.25, -0.2) is 0 Å². The van der Waals surface area contributed by atoms with Crippen LogP contribution in [0.1, 0.15) is 5.69 Å². The Morgan fingerprint density at radius 1 is 1.25 bits per heavy atom. The van der Waals surface area contributed by atoms with E-state index in [1.807, 2.05) is 43.3 Å². The van der Waals surface area contributed by atoms with E-state index in [1.165, 1.54) is 0 Å². The van der Waals surface area contributed by atoms with Crippen molar-refractivity contribution in [1.29, 1.82) is 0 Å². The Labute approximate surface area is 94.1 Å². The summed E-state index contributed by atoms with van der Waals surface area (Å²) in [5, 5.41) is 12.6. The monoisotopic (exact) mass is 218 g/mol. The van der Waals surface area contributed by atoms with E-state index in [9.17, 15) is 0 Å². The number of hydrogen-bond acceptors (Lipinski definition) is 4. The average Bonchev–Trinajstić information content (AvgIpc) is 2.77. The van der Waals surface area contributed by atoms with Crippen LogP contribution in [-0.2, 0) is 6.61 Å². The molecule has 0 saturated heterocycles. The van der Waals surface area contributed by atoms with Crippen molar-refractivity contribution in [2.45, 2.75) is 6.61 Å². The predicted molar refractivity (Wildman–Crippen MR) is 62.2 cm³/mol. The summed E-state index contributed by atoms with van der Waals surface area (Å²) in [6, 6.07) is 9.70. The van der Waals surface area contributed by atoms with Crippen LogP contribution in [0.25, 0.3) is 11.3 Å². The molecule has 0 aliphatic rings. The summed E-state index contributed by atoms with van der Waals surface area (Å²) in [4.78, 5) is 2.03. The van der Waals surface area contributed by atoms with E-state index in [4.69, 9.17) is 9.63 Å². The Bertz CT molecular complexity index is 460. The van der Waals surface area contributed by atoms with Crippen molar-refractivity contribution in [2.24, 2.45) is 0 Å². The molecule has 0 atom stereocenters. The second kappa shape index (κ2) is 4.37. The molecule has 16 heavy (non-hydrogen) atoms. The Balaban J connectivity index is 2.27. The summed E-state index contributed by atoms with van der Waals surface area (Å²) in [6.07, 6.45) is 0. The molecule has 0 spiro atoms. The lowest BCUT2D eigenvalue weighted by Gasteiger charge is -2.11. The van der Waals surface area contributed by atoms with Gasteiger partial charge in [0, 0.05) is 31.4 Å². The Kier molecular flexibility index (Phi) is 2.92. The highest BCUT2D eigenvalue weighted by molar-refractivity contribution is 5.61. The van der Waals surface area contributed by atoms with E-state index >= 15 is 0 Å². The molecule has 1 heterocycles. The molecule has 0 aliphatic carbocycles. The first-order valence-corrected chi connectivity index (χ1v) is 5.05. The minimum atomic E-state index is -0.0979. The molecule has 0 fully saturated rings. The Morgan fingerprint density at radius 2 is 1.94 bits per heavy atom. The zero-order valence-electron chi connectivity index (χ0n) is 9.34. The number of aromatic nitrogens is 1. The molecule has 2 aromatic rings. The number of rotatable bonds is 3. The van der Waals surface area contributed by atoms with Crippen LogP contribution >= 0.6 is 0 Å². The van der Waals surface area contributed by atoms with Crippen molar-refractivity contribution >= 4 is 5.69 Å². The maximum absolute atomic E-state index is 8.89. The number of nitrogens with zero attached hydrogens (tertiary/aromatic N) is 2. The molecule has 4 heteroatoms. The molecule has 0 unspecified atom stereocenters. The maximum atomic E-state index is 8.89. The van der Waals surface area contributed by atoms with Crippen molar-refractivity contribution in [1.82, 2.24) is 5.16 Å². The normalized spacial score (nSPS) is 10.4. The highest BCUT2D eigenvalue weighted by atomic mass is 16.5. The van der Waals surface area contributed by atoms with Crippen LogP contribution in [0.3, 0.4) is 0 Å². The molecule has 0 amide bonds. The Morgan fingerprint density at radius 3 is 2.44 bits per heavy atom. The molecule has 2 rings (SSSR count). The summed E-state index contributed by atoms with van der Waals surface area (Å²) >= 11 is 0. The second-order valence-electron chi connectivity index (χ2n) is 3.78. The van der Waals surface area contributed by atoms with Gasteiger partial charge < -0.3 is 14.5 Å². The first-order chi connectivity index (χ1) is 7.70. The number of hydrogen-bond donors (Lipinski definition) is 1. The fraction of sp³-hybridized carbons (Fsp3) is 0.250. The minimum absolute atomic E-state index is 0.0979. The van der Waals surface area contributed by atoms with Crippen molar-refractivity contribution in [3.63, 3.8) is 0 Å². The van der Waals surface area contributed by atoms with Crippen LogP contribution < -0.4 is 4.90 Å². The number of aliphatic hydroxyl groups excluding tert-OH is 1. The molecule has 0 aliphatic heterocycles. The largest absolute Gasteiger partial charge is 0.390 e. The van der Waals surface area contributed by atoms with Gasteiger partial charge in [-0.2, -0.15) is 0 Å². The maximum Gasteiger partial charge on any atom is 0.167 e. The van der Waals surface area contributed by atoms with Crippen molar-refractivity contribution in [2.75, 3.05) is 19.0 Å². The van der Waals surface area contributed by atoms with Gasteiger partial charge in [-0.1, -0.05) is 5.16 Å². The summed E-state index contributed by atoms with van der Waals surface area (Å²) < 4.78 is 5.12. The summed E-state index contributed by atoms with van der Waals surface area (Å²) in [7, 11) is 3.99. The van der Waals surface area contributed by atoms with E-state index in [0.29, 0.717) is 11.5 Å². The zero-order chi connectivity index (χ0) is 11.5. The molecule has 0 bridgehead atoms. The van der Waals surface area contributed by atoms with Gasteiger partial charge >= 0.3 is 0 Å². The van der Waals surface area contributed by atoms with Gasteiger partial charge in [0.1, 0.15) is 5.69 Å². The van der Waals surface area contributed by atoms with Crippen LogP contribution in [0.2, 0.25) is 0 Å². The van der Waals surface area contributed by atoms with Gasteiger partial charge in [-0.3, -0.25) is 0 Å². The number of aliphatic hydroxyl groups is 1. The summed E-state index contributed by atoms with van der Waals surface area (Å²) in [5.41, 5.74) is 2.63. The van der Waals surface area contributed by atoms with Crippen LogP contribution in [0.5, 0.6) is 0 Å². The average molecular weight is 218 g/mol. The first kappa shape index (κ1) is 10.7. The molecule has 4 nitrogen and oxygen atoms in total. The third-order valence-corrected chi connectivity index (χ3v) is 2.39. The van der Waals surface area contributed by atoms with Crippen LogP contribution in [0, 0.1) is 0 Å². The molecule has 0 radical (unpaired) electrons. The molecule has 1 N–H and O–H groups in total. The molecule has 0 saturated carbocycles. The molecular formula is C12H14N2O2. The zero-order valence-corrected chi connectivity index (χ0v) is 9.34. The molecular weight excluding hydrogens is 204 g/mol. The van der Waals surface area contributed by atoms with E-state index in [-0.39, 0.29) is 6.61 Å². The van der Waals surface area contributed by atoms with Crippen LogP contribution in [0.15, 0.2) is 34.9 Å².